The van der Waals surface area contributed by atoms with Gasteiger partial charge in [-0.2, -0.15) is 0 Å². The zero-order valence-electron chi connectivity index (χ0n) is 7.85. The van der Waals surface area contributed by atoms with Crippen LogP contribution in [0, 0.1) is 13.8 Å². The van der Waals surface area contributed by atoms with Gasteiger partial charge in [-0.1, -0.05) is 0 Å². The molecule has 1 heterocycles. The number of carbonyl (C=O) groups is 1. The van der Waals surface area contributed by atoms with Crippen LogP contribution in [0.4, 0.5) is 16.3 Å². The maximum absolute atomic E-state index is 8.56. The van der Waals surface area contributed by atoms with Gasteiger partial charge in [-0.25, -0.2) is 14.8 Å². The normalized spacial score (nSPS) is 8.71. The van der Waals surface area contributed by atoms with E-state index in [9.17, 15) is 0 Å². The lowest BCUT2D eigenvalue weighted by atomic mass is 10.3. The smallest absolute Gasteiger partial charge is 0.450 e. The molecule has 0 saturated heterocycles. The molecule has 0 aliphatic carbocycles. The summed E-state index contributed by atoms with van der Waals surface area (Å²) in [7, 11) is 0. The average molecular weight is 200 g/mol. The van der Waals surface area contributed by atoms with Crippen molar-refractivity contribution in [2.45, 2.75) is 13.8 Å². The number of carboxylic acid groups (broad SMARTS) is 2. The number of nitrogens with zero attached hydrogens (tertiary/aromatic N) is 2. The van der Waals surface area contributed by atoms with Crippen molar-refractivity contribution in [1.29, 1.82) is 0 Å². The van der Waals surface area contributed by atoms with Crippen LogP contribution in [0.15, 0.2) is 0 Å². The third-order valence-electron chi connectivity index (χ3n) is 1.28. The van der Waals surface area contributed by atoms with Crippen LogP contribution < -0.4 is 11.5 Å². The molecule has 1 aromatic rings. The Labute approximate surface area is 80.4 Å². The van der Waals surface area contributed by atoms with E-state index in [0.717, 1.165) is 5.69 Å². The van der Waals surface area contributed by atoms with Gasteiger partial charge in [-0.3, -0.25) is 0 Å². The molecule has 78 valence electrons. The van der Waals surface area contributed by atoms with Crippen molar-refractivity contribution in [3.8, 4) is 0 Å². The summed E-state index contributed by atoms with van der Waals surface area (Å²) in [4.78, 5) is 16.4. The lowest BCUT2D eigenvalue weighted by Gasteiger charge is -2.02. The van der Waals surface area contributed by atoms with Crippen molar-refractivity contribution in [3.63, 3.8) is 0 Å². The van der Waals surface area contributed by atoms with Gasteiger partial charge in [0.2, 0.25) is 0 Å². The summed E-state index contributed by atoms with van der Waals surface area (Å²) in [6, 6.07) is 0. The number of anilines is 2. The molecule has 0 fully saturated rings. The summed E-state index contributed by atoms with van der Waals surface area (Å²) in [5.41, 5.74) is 12.2. The third kappa shape index (κ3) is 4.10. The molecule has 0 unspecified atom stereocenters. The molecule has 14 heavy (non-hydrogen) atoms. The van der Waals surface area contributed by atoms with Gasteiger partial charge in [-0.15, -0.1) is 0 Å². The minimum Gasteiger partial charge on any atom is -0.450 e. The highest BCUT2D eigenvalue weighted by molar-refractivity contribution is 5.60. The van der Waals surface area contributed by atoms with Crippen molar-refractivity contribution < 1.29 is 15.0 Å². The quantitative estimate of drug-likeness (QED) is 0.478. The maximum atomic E-state index is 8.56. The van der Waals surface area contributed by atoms with E-state index < -0.39 is 6.16 Å². The highest BCUT2D eigenvalue weighted by atomic mass is 16.6. The van der Waals surface area contributed by atoms with Crippen LogP contribution >= 0.6 is 0 Å². The molecule has 6 N–H and O–H groups in total. The largest absolute Gasteiger partial charge is 0.503 e. The molecule has 0 bridgehead atoms. The standard InChI is InChI=1S/C6H10N4.CH2O3/c1-3-5(7)6(8)10-4(2)9-3;2-1(3)4/h7H2,1-2H3,(H2,8,9,10);(H2,2,3,4). The minimum absolute atomic E-state index is 0.366. The third-order valence-corrected chi connectivity index (χ3v) is 1.28. The number of nitrogens with two attached hydrogens (primary N) is 2. The van der Waals surface area contributed by atoms with Crippen LogP contribution in [0.3, 0.4) is 0 Å². The molecular formula is C7H12N4O3. The van der Waals surface area contributed by atoms with E-state index in [2.05, 4.69) is 9.97 Å². The number of rotatable bonds is 0. The molecule has 7 heteroatoms. The summed E-state index contributed by atoms with van der Waals surface area (Å²) in [6.07, 6.45) is -1.83. The topological polar surface area (TPSA) is 135 Å². The van der Waals surface area contributed by atoms with Crippen LogP contribution in [-0.2, 0) is 0 Å². The molecule has 1 rings (SSSR count). The second kappa shape index (κ2) is 4.85. The van der Waals surface area contributed by atoms with Crippen LogP contribution in [-0.4, -0.2) is 26.3 Å². The lowest BCUT2D eigenvalue weighted by Crippen LogP contribution is -2.04. The number of nitrogen functional groups attached to an aromatic ring is 2. The van der Waals surface area contributed by atoms with Crippen LogP contribution in [0.25, 0.3) is 0 Å². The summed E-state index contributed by atoms with van der Waals surface area (Å²) >= 11 is 0. The second-order valence-corrected chi connectivity index (χ2v) is 2.44. The molecule has 0 saturated carbocycles. The van der Waals surface area contributed by atoms with Gasteiger partial charge in [0.15, 0.2) is 5.82 Å². The highest BCUT2D eigenvalue weighted by Gasteiger charge is 2.00. The molecule has 0 aliphatic rings. The summed E-state index contributed by atoms with van der Waals surface area (Å²) in [5.74, 6) is 1.02. The number of hydrogen-bond donors (Lipinski definition) is 4. The monoisotopic (exact) mass is 200 g/mol. The molecule has 0 spiro atoms. The van der Waals surface area contributed by atoms with Gasteiger partial charge in [0.1, 0.15) is 5.82 Å². The predicted octanol–water partition coefficient (Wildman–Crippen LogP) is 0.480. The Kier molecular flexibility index (Phi) is 4.14. The lowest BCUT2D eigenvalue weighted by molar-refractivity contribution is 0.137. The van der Waals surface area contributed by atoms with E-state index >= 15 is 0 Å². The molecule has 0 atom stereocenters. The molecule has 0 radical (unpaired) electrons. The molecule has 7 nitrogen and oxygen atoms in total. The van der Waals surface area contributed by atoms with Crippen LogP contribution in [0.2, 0.25) is 0 Å². The Hall–Kier alpha value is -2.05. The Balaban J connectivity index is 0.000000364. The highest BCUT2D eigenvalue weighted by Crippen LogP contribution is 2.13. The summed E-state index contributed by atoms with van der Waals surface area (Å²) in [6.45, 7) is 3.59. The Bertz CT molecular complexity index is 313. The van der Waals surface area contributed by atoms with Gasteiger partial charge in [0, 0.05) is 0 Å². The van der Waals surface area contributed by atoms with Crippen molar-refractivity contribution in [2.24, 2.45) is 0 Å². The molecular weight excluding hydrogens is 188 g/mol. The minimum atomic E-state index is -1.83. The fourth-order valence-corrected chi connectivity index (χ4v) is 0.748. The number of aryl methyl sites for hydroxylation is 2. The maximum Gasteiger partial charge on any atom is 0.503 e. The van der Waals surface area contributed by atoms with Crippen molar-refractivity contribution in [1.82, 2.24) is 9.97 Å². The fraction of sp³-hybridized carbons (Fsp3) is 0.286. The van der Waals surface area contributed by atoms with Crippen LogP contribution in [0.1, 0.15) is 11.5 Å². The van der Waals surface area contributed by atoms with Gasteiger partial charge in [0.25, 0.3) is 0 Å². The van der Waals surface area contributed by atoms with Gasteiger partial charge >= 0.3 is 6.16 Å². The molecule has 0 aromatic carbocycles. The first-order valence-electron chi connectivity index (χ1n) is 3.62. The van der Waals surface area contributed by atoms with Crippen LogP contribution in [0.5, 0.6) is 0 Å². The van der Waals surface area contributed by atoms with Crippen molar-refractivity contribution in [2.75, 3.05) is 11.5 Å². The molecule has 0 amide bonds. The van der Waals surface area contributed by atoms with Gasteiger partial charge in [-0.05, 0) is 13.8 Å². The van der Waals surface area contributed by atoms with Crippen molar-refractivity contribution >= 4 is 17.7 Å². The summed E-state index contributed by atoms with van der Waals surface area (Å²) < 4.78 is 0. The van der Waals surface area contributed by atoms with E-state index in [1.54, 1.807) is 13.8 Å². The average Bonchev–Trinajstić information content (AvgIpc) is 1.98. The van der Waals surface area contributed by atoms with E-state index in [0.29, 0.717) is 17.3 Å². The Morgan fingerprint density at radius 2 is 1.64 bits per heavy atom. The number of hydrogen-bond acceptors (Lipinski definition) is 5. The predicted molar refractivity (Wildman–Crippen MR) is 51.0 cm³/mol. The molecule has 1 aromatic heterocycles. The molecule has 0 aliphatic heterocycles. The Morgan fingerprint density at radius 1 is 1.21 bits per heavy atom. The van der Waals surface area contributed by atoms with E-state index in [-0.39, 0.29) is 0 Å². The van der Waals surface area contributed by atoms with E-state index in [1.807, 2.05) is 0 Å². The van der Waals surface area contributed by atoms with E-state index in [1.165, 1.54) is 0 Å². The Morgan fingerprint density at radius 3 is 2.00 bits per heavy atom. The first kappa shape index (κ1) is 11.9. The second-order valence-electron chi connectivity index (χ2n) is 2.44. The van der Waals surface area contributed by atoms with Gasteiger partial charge in [0.05, 0.1) is 11.4 Å². The van der Waals surface area contributed by atoms with Gasteiger partial charge < -0.3 is 21.7 Å². The zero-order chi connectivity index (χ0) is 11.3. The first-order chi connectivity index (χ1) is 6.34. The number of aromatic nitrogens is 2. The van der Waals surface area contributed by atoms with E-state index in [4.69, 9.17) is 26.5 Å². The summed E-state index contributed by atoms with van der Waals surface area (Å²) in [5, 5.41) is 13.9. The SMILES string of the molecule is Cc1nc(C)c(N)c(N)n1.O=C(O)O. The first-order valence-corrected chi connectivity index (χ1v) is 3.62. The fourth-order valence-electron chi connectivity index (χ4n) is 0.748. The van der Waals surface area contributed by atoms with Crippen molar-refractivity contribution in [3.05, 3.63) is 11.5 Å². The zero-order valence-corrected chi connectivity index (χ0v) is 7.85.